The number of hydrogen-bond acceptors (Lipinski definition) is 3. The second kappa shape index (κ2) is 5.51. The van der Waals surface area contributed by atoms with E-state index in [1.165, 1.54) is 25.8 Å². The van der Waals surface area contributed by atoms with Crippen molar-refractivity contribution in [3.05, 3.63) is 23.7 Å². The third-order valence-electron chi connectivity index (χ3n) is 3.37. The maximum absolute atomic E-state index is 5.62. The van der Waals surface area contributed by atoms with Crippen molar-refractivity contribution in [1.29, 1.82) is 0 Å². The van der Waals surface area contributed by atoms with Crippen LogP contribution in [-0.4, -0.2) is 31.1 Å². The van der Waals surface area contributed by atoms with Gasteiger partial charge in [0.15, 0.2) is 0 Å². The number of aryl methyl sites for hydroxylation is 1. The number of furan rings is 1. The first-order chi connectivity index (χ1) is 7.75. The van der Waals surface area contributed by atoms with Crippen LogP contribution in [0.15, 0.2) is 16.5 Å². The lowest BCUT2D eigenvalue weighted by Crippen LogP contribution is -2.31. The molecule has 1 saturated heterocycles. The van der Waals surface area contributed by atoms with Gasteiger partial charge in [0.25, 0.3) is 0 Å². The van der Waals surface area contributed by atoms with E-state index in [1.54, 1.807) is 0 Å². The molecule has 2 heterocycles. The molecule has 90 valence electrons. The van der Waals surface area contributed by atoms with Crippen LogP contribution in [0.25, 0.3) is 0 Å². The van der Waals surface area contributed by atoms with Crippen molar-refractivity contribution < 1.29 is 4.42 Å². The Morgan fingerprint density at radius 2 is 2.25 bits per heavy atom. The fourth-order valence-electron chi connectivity index (χ4n) is 2.39. The minimum absolute atomic E-state index is 0.695. The maximum Gasteiger partial charge on any atom is 0.118 e. The Morgan fingerprint density at radius 1 is 1.38 bits per heavy atom. The van der Waals surface area contributed by atoms with Crippen molar-refractivity contribution in [2.75, 3.05) is 20.1 Å². The van der Waals surface area contributed by atoms with Gasteiger partial charge < -0.3 is 9.73 Å². The molecule has 0 saturated carbocycles. The van der Waals surface area contributed by atoms with Crippen LogP contribution < -0.4 is 5.32 Å². The third-order valence-corrected chi connectivity index (χ3v) is 3.37. The molecule has 3 nitrogen and oxygen atoms in total. The summed E-state index contributed by atoms with van der Waals surface area (Å²) >= 11 is 0. The summed E-state index contributed by atoms with van der Waals surface area (Å²) in [4.78, 5) is 2.42. The van der Waals surface area contributed by atoms with Gasteiger partial charge in [-0.05, 0) is 58.5 Å². The number of rotatable bonds is 3. The number of nitrogens with one attached hydrogen (secondary N) is 1. The average Bonchev–Trinajstić information content (AvgIpc) is 2.56. The summed E-state index contributed by atoms with van der Waals surface area (Å²) in [5.74, 6) is 2.09. The minimum Gasteiger partial charge on any atom is -0.465 e. The molecule has 0 bridgehead atoms. The molecule has 16 heavy (non-hydrogen) atoms. The predicted molar refractivity (Wildman–Crippen MR) is 65.4 cm³/mol. The molecule has 1 aromatic heterocycles. The molecule has 1 atom stereocenters. The molecule has 1 N–H and O–H groups in total. The molecular formula is C13H22N2O. The Bertz CT molecular complexity index is 313. The van der Waals surface area contributed by atoms with Gasteiger partial charge >= 0.3 is 0 Å². The molecule has 1 aromatic rings. The standard InChI is InChI=1S/C13H22N2O/c1-11-5-6-13(16-11)10-15(2)12-4-3-8-14-9-7-12/h5-6,12,14H,3-4,7-10H2,1-2H3. The van der Waals surface area contributed by atoms with Crippen molar-refractivity contribution in [3.8, 4) is 0 Å². The van der Waals surface area contributed by atoms with Gasteiger partial charge in [0, 0.05) is 6.04 Å². The van der Waals surface area contributed by atoms with Crippen LogP contribution in [0.4, 0.5) is 0 Å². The summed E-state index contributed by atoms with van der Waals surface area (Å²) in [6.45, 7) is 5.24. The lowest BCUT2D eigenvalue weighted by Gasteiger charge is -2.25. The van der Waals surface area contributed by atoms with Crippen molar-refractivity contribution >= 4 is 0 Å². The highest BCUT2D eigenvalue weighted by molar-refractivity contribution is 5.05. The zero-order chi connectivity index (χ0) is 11.4. The molecule has 1 unspecified atom stereocenters. The van der Waals surface area contributed by atoms with Crippen molar-refractivity contribution in [3.63, 3.8) is 0 Å². The molecule has 0 spiro atoms. The van der Waals surface area contributed by atoms with Gasteiger partial charge in [-0.3, -0.25) is 4.90 Å². The maximum atomic E-state index is 5.62. The summed E-state index contributed by atoms with van der Waals surface area (Å²) < 4.78 is 5.62. The summed E-state index contributed by atoms with van der Waals surface area (Å²) in [7, 11) is 2.20. The van der Waals surface area contributed by atoms with Crippen LogP contribution in [0.2, 0.25) is 0 Å². The Kier molecular flexibility index (Phi) is 4.02. The zero-order valence-electron chi connectivity index (χ0n) is 10.3. The normalized spacial score (nSPS) is 22.3. The molecule has 1 fully saturated rings. The molecule has 0 aromatic carbocycles. The second-order valence-corrected chi connectivity index (χ2v) is 4.76. The molecule has 0 radical (unpaired) electrons. The smallest absolute Gasteiger partial charge is 0.118 e. The first-order valence-corrected chi connectivity index (χ1v) is 6.22. The highest BCUT2D eigenvalue weighted by atomic mass is 16.3. The first kappa shape index (κ1) is 11.7. The fraction of sp³-hybridized carbons (Fsp3) is 0.692. The quantitative estimate of drug-likeness (QED) is 0.849. The molecule has 3 heteroatoms. The number of hydrogen-bond donors (Lipinski definition) is 1. The van der Waals surface area contributed by atoms with Crippen LogP contribution in [-0.2, 0) is 6.54 Å². The highest BCUT2D eigenvalue weighted by Crippen LogP contribution is 2.16. The SMILES string of the molecule is Cc1ccc(CN(C)C2CCCNCC2)o1. The Balaban J connectivity index is 1.88. The monoisotopic (exact) mass is 222 g/mol. The Morgan fingerprint density at radius 3 is 3.00 bits per heavy atom. The summed E-state index contributed by atoms with van der Waals surface area (Å²) in [6.07, 6.45) is 3.82. The van der Waals surface area contributed by atoms with Gasteiger partial charge in [0.05, 0.1) is 6.54 Å². The molecular weight excluding hydrogens is 200 g/mol. The van der Waals surface area contributed by atoms with Crippen molar-refractivity contribution in [2.24, 2.45) is 0 Å². The van der Waals surface area contributed by atoms with E-state index in [9.17, 15) is 0 Å². The van der Waals surface area contributed by atoms with Crippen LogP contribution >= 0.6 is 0 Å². The van der Waals surface area contributed by atoms with E-state index in [0.29, 0.717) is 6.04 Å². The summed E-state index contributed by atoms with van der Waals surface area (Å²) in [5.41, 5.74) is 0. The van der Waals surface area contributed by atoms with Gasteiger partial charge in [-0.15, -0.1) is 0 Å². The zero-order valence-corrected chi connectivity index (χ0v) is 10.3. The van der Waals surface area contributed by atoms with E-state index in [-0.39, 0.29) is 0 Å². The lowest BCUT2D eigenvalue weighted by atomic mass is 10.1. The van der Waals surface area contributed by atoms with Crippen LogP contribution in [0.5, 0.6) is 0 Å². The summed E-state index contributed by atoms with van der Waals surface area (Å²) in [6, 6.07) is 4.82. The average molecular weight is 222 g/mol. The predicted octanol–water partition coefficient (Wildman–Crippen LogP) is 2.16. The van der Waals surface area contributed by atoms with Crippen LogP contribution in [0.3, 0.4) is 0 Å². The largest absolute Gasteiger partial charge is 0.465 e. The molecule has 1 aliphatic rings. The number of nitrogens with zero attached hydrogens (tertiary/aromatic N) is 1. The minimum atomic E-state index is 0.695. The van der Waals surface area contributed by atoms with E-state index < -0.39 is 0 Å². The van der Waals surface area contributed by atoms with Crippen molar-refractivity contribution in [1.82, 2.24) is 10.2 Å². The van der Waals surface area contributed by atoms with E-state index in [2.05, 4.69) is 23.3 Å². The molecule has 0 amide bonds. The first-order valence-electron chi connectivity index (χ1n) is 6.22. The van der Waals surface area contributed by atoms with Gasteiger partial charge in [0.1, 0.15) is 11.5 Å². The second-order valence-electron chi connectivity index (χ2n) is 4.76. The van der Waals surface area contributed by atoms with Gasteiger partial charge in [-0.25, -0.2) is 0 Å². The van der Waals surface area contributed by atoms with E-state index >= 15 is 0 Å². The summed E-state index contributed by atoms with van der Waals surface area (Å²) in [5, 5.41) is 3.45. The van der Waals surface area contributed by atoms with Gasteiger partial charge in [-0.1, -0.05) is 0 Å². The molecule has 2 rings (SSSR count). The third kappa shape index (κ3) is 3.09. The van der Waals surface area contributed by atoms with E-state index in [4.69, 9.17) is 4.42 Å². The highest BCUT2D eigenvalue weighted by Gasteiger charge is 2.17. The Labute approximate surface area is 97.8 Å². The van der Waals surface area contributed by atoms with Gasteiger partial charge in [-0.2, -0.15) is 0 Å². The molecule has 1 aliphatic heterocycles. The van der Waals surface area contributed by atoms with E-state index in [0.717, 1.165) is 24.6 Å². The van der Waals surface area contributed by atoms with Gasteiger partial charge in [0.2, 0.25) is 0 Å². The van der Waals surface area contributed by atoms with E-state index in [1.807, 2.05) is 13.0 Å². The lowest BCUT2D eigenvalue weighted by molar-refractivity contribution is 0.200. The topological polar surface area (TPSA) is 28.4 Å². The van der Waals surface area contributed by atoms with Crippen molar-refractivity contribution in [2.45, 2.75) is 38.8 Å². The fourth-order valence-corrected chi connectivity index (χ4v) is 2.39. The van der Waals surface area contributed by atoms with Crippen LogP contribution in [0.1, 0.15) is 30.8 Å². The Hall–Kier alpha value is -0.800. The molecule has 0 aliphatic carbocycles. The van der Waals surface area contributed by atoms with Crippen LogP contribution in [0, 0.1) is 6.92 Å².